The fourth-order valence-electron chi connectivity index (χ4n) is 2.39. The number of methoxy groups -OCH3 is 1. The Kier molecular flexibility index (Phi) is 4.02. The molecule has 5 nitrogen and oxygen atoms in total. The summed E-state index contributed by atoms with van der Waals surface area (Å²) in [5.74, 6) is 1.47. The highest BCUT2D eigenvalue weighted by Crippen LogP contribution is 2.34. The molecule has 0 bridgehead atoms. The summed E-state index contributed by atoms with van der Waals surface area (Å²) in [7, 11) is 1.59. The molecule has 1 amide bonds. The van der Waals surface area contributed by atoms with Crippen LogP contribution in [0, 0.1) is 0 Å². The van der Waals surface area contributed by atoms with Crippen LogP contribution in [0.1, 0.15) is 35.9 Å². The maximum absolute atomic E-state index is 12.6. The van der Waals surface area contributed by atoms with Crippen molar-refractivity contribution in [1.29, 1.82) is 0 Å². The van der Waals surface area contributed by atoms with Crippen LogP contribution in [-0.4, -0.2) is 18.0 Å². The summed E-state index contributed by atoms with van der Waals surface area (Å²) in [4.78, 5) is 16.5. The highest BCUT2D eigenvalue weighted by atomic mass is 16.5. The van der Waals surface area contributed by atoms with Gasteiger partial charge in [-0.15, -0.1) is 0 Å². The molecule has 0 saturated carbocycles. The first-order valence-electron chi connectivity index (χ1n) is 7.42. The average Bonchev–Trinajstić information content (AvgIpc) is 3.00. The van der Waals surface area contributed by atoms with Gasteiger partial charge in [0.1, 0.15) is 5.76 Å². The van der Waals surface area contributed by atoms with E-state index < -0.39 is 0 Å². The second kappa shape index (κ2) is 6.12. The van der Waals surface area contributed by atoms with Crippen LogP contribution in [0.2, 0.25) is 0 Å². The number of carbonyl (C=O) groups is 1. The van der Waals surface area contributed by atoms with Gasteiger partial charge in [0.25, 0.3) is 5.91 Å². The zero-order valence-electron chi connectivity index (χ0n) is 13.3. The second-order valence-corrected chi connectivity index (χ2v) is 5.55. The van der Waals surface area contributed by atoms with Gasteiger partial charge in [-0.1, -0.05) is 13.8 Å². The Morgan fingerprint density at radius 3 is 2.61 bits per heavy atom. The van der Waals surface area contributed by atoms with Gasteiger partial charge in [-0.3, -0.25) is 9.78 Å². The van der Waals surface area contributed by atoms with Gasteiger partial charge in [0.05, 0.1) is 12.7 Å². The van der Waals surface area contributed by atoms with Gasteiger partial charge in [-0.25, -0.2) is 0 Å². The van der Waals surface area contributed by atoms with Gasteiger partial charge in [-0.2, -0.15) is 0 Å². The molecule has 2 aromatic heterocycles. The standard InChI is InChI=1S/C18H18N2O3/c1-11(2)16-10-14-13(4-5-15(22-3)17(14)23-16)18(21)20-12-6-8-19-9-7-12/h4-11H,1-3H3,(H,19,20,21). The molecule has 1 aromatic carbocycles. The Bertz CT molecular complexity index is 838. The predicted molar refractivity (Wildman–Crippen MR) is 89.0 cm³/mol. The van der Waals surface area contributed by atoms with Crippen molar-refractivity contribution in [2.24, 2.45) is 0 Å². The molecule has 0 spiro atoms. The lowest BCUT2D eigenvalue weighted by molar-refractivity contribution is 0.102. The van der Waals surface area contributed by atoms with E-state index >= 15 is 0 Å². The number of benzene rings is 1. The van der Waals surface area contributed by atoms with Crippen LogP contribution < -0.4 is 10.1 Å². The fraction of sp³-hybridized carbons (Fsp3) is 0.222. The van der Waals surface area contributed by atoms with Gasteiger partial charge in [-0.05, 0) is 30.3 Å². The number of hydrogen-bond donors (Lipinski definition) is 1. The molecule has 0 unspecified atom stereocenters. The lowest BCUT2D eigenvalue weighted by atomic mass is 10.1. The molecule has 0 aliphatic carbocycles. The average molecular weight is 310 g/mol. The molecule has 0 fully saturated rings. The van der Waals surface area contributed by atoms with Crippen LogP contribution in [0.3, 0.4) is 0 Å². The SMILES string of the molecule is COc1ccc(C(=O)Nc2ccncc2)c2cc(C(C)C)oc12. The lowest BCUT2D eigenvalue weighted by Gasteiger charge is -2.07. The molecule has 0 atom stereocenters. The number of aromatic nitrogens is 1. The predicted octanol–water partition coefficient (Wildman–Crippen LogP) is 4.21. The Labute approximate surface area is 134 Å². The summed E-state index contributed by atoms with van der Waals surface area (Å²) in [5.41, 5.74) is 1.84. The number of nitrogens with zero attached hydrogens (tertiary/aromatic N) is 1. The molecular formula is C18H18N2O3. The van der Waals surface area contributed by atoms with E-state index in [1.54, 1.807) is 43.8 Å². The first-order valence-corrected chi connectivity index (χ1v) is 7.42. The van der Waals surface area contributed by atoms with Crippen LogP contribution in [0.4, 0.5) is 5.69 Å². The fourth-order valence-corrected chi connectivity index (χ4v) is 2.39. The van der Waals surface area contributed by atoms with E-state index in [1.165, 1.54) is 0 Å². The van der Waals surface area contributed by atoms with Gasteiger partial charge in [0.15, 0.2) is 11.3 Å². The van der Waals surface area contributed by atoms with E-state index in [0.717, 1.165) is 11.1 Å². The maximum atomic E-state index is 12.6. The Balaban J connectivity index is 2.05. The molecule has 0 saturated heterocycles. The molecular weight excluding hydrogens is 292 g/mol. The van der Waals surface area contributed by atoms with Crippen LogP contribution in [0.25, 0.3) is 11.0 Å². The van der Waals surface area contributed by atoms with Crippen LogP contribution >= 0.6 is 0 Å². The van der Waals surface area contributed by atoms with Crippen LogP contribution in [0.5, 0.6) is 5.75 Å². The summed E-state index contributed by atoms with van der Waals surface area (Å²) in [6.45, 7) is 4.09. The van der Waals surface area contributed by atoms with Crippen molar-refractivity contribution < 1.29 is 13.9 Å². The van der Waals surface area contributed by atoms with E-state index in [2.05, 4.69) is 10.3 Å². The summed E-state index contributed by atoms with van der Waals surface area (Å²) in [6, 6.07) is 8.89. The van der Waals surface area contributed by atoms with Crippen LogP contribution in [-0.2, 0) is 0 Å². The molecule has 23 heavy (non-hydrogen) atoms. The molecule has 0 aliphatic rings. The van der Waals surface area contributed by atoms with E-state index in [4.69, 9.17) is 9.15 Å². The minimum atomic E-state index is -0.194. The second-order valence-electron chi connectivity index (χ2n) is 5.55. The molecule has 2 heterocycles. The molecule has 0 aliphatic heterocycles. The summed E-state index contributed by atoms with van der Waals surface area (Å²) in [6.07, 6.45) is 3.27. The van der Waals surface area contributed by atoms with Crippen molar-refractivity contribution in [3.05, 3.63) is 54.0 Å². The number of carbonyl (C=O) groups excluding carboxylic acids is 1. The van der Waals surface area contributed by atoms with E-state index in [9.17, 15) is 4.79 Å². The number of rotatable bonds is 4. The van der Waals surface area contributed by atoms with Gasteiger partial charge < -0.3 is 14.5 Å². The smallest absolute Gasteiger partial charge is 0.256 e. The van der Waals surface area contributed by atoms with Crippen molar-refractivity contribution >= 4 is 22.6 Å². The number of furan rings is 1. The van der Waals surface area contributed by atoms with Gasteiger partial charge in [0.2, 0.25) is 0 Å². The zero-order chi connectivity index (χ0) is 16.4. The Hall–Kier alpha value is -2.82. The van der Waals surface area contributed by atoms with Crippen molar-refractivity contribution in [2.75, 3.05) is 12.4 Å². The Morgan fingerprint density at radius 2 is 1.96 bits per heavy atom. The van der Waals surface area contributed by atoms with E-state index in [0.29, 0.717) is 22.6 Å². The first kappa shape index (κ1) is 15.1. The van der Waals surface area contributed by atoms with E-state index in [1.807, 2.05) is 19.9 Å². The van der Waals surface area contributed by atoms with Crippen molar-refractivity contribution in [3.8, 4) is 5.75 Å². The van der Waals surface area contributed by atoms with Gasteiger partial charge >= 0.3 is 0 Å². The third-order valence-electron chi connectivity index (χ3n) is 3.64. The van der Waals surface area contributed by atoms with Crippen LogP contribution in [0.15, 0.2) is 47.1 Å². The van der Waals surface area contributed by atoms with E-state index in [-0.39, 0.29) is 11.8 Å². The third kappa shape index (κ3) is 2.90. The number of nitrogens with one attached hydrogen (secondary N) is 1. The minimum absolute atomic E-state index is 0.194. The summed E-state index contributed by atoms with van der Waals surface area (Å²) < 4.78 is 11.2. The molecule has 0 radical (unpaired) electrons. The van der Waals surface area contributed by atoms with Gasteiger partial charge in [0, 0.05) is 29.4 Å². The number of amides is 1. The number of ether oxygens (including phenoxy) is 1. The number of hydrogen-bond acceptors (Lipinski definition) is 4. The summed E-state index contributed by atoms with van der Waals surface area (Å²) >= 11 is 0. The monoisotopic (exact) mass is 310 g/mol. The normalized spacial score (nSPS) is 11.0. The highest BCUT2D eigenvalue weighted by Gasteiger charge is 2.18. The number of anilines is 1. The lowest BCUT2D eigenvalue weighted by Crippen LogP contribution is -2.12. The number of fused-ring (bicyclic) bond motifs is 1. The summed E-state index contributed by atoms with van der Waals surface area (Å²) in [5, 5.41) is 3.61. The molecule has 3 rings (SSSR count). The first-order chi connectivity index (χ1) is 11.1. The Morgan fingerprint density at radius 1 is 1.22 bits per heavy atom. The quantitative estimate of drug-likeness (QED) is 0.784. The molecule has 1 N–H and O–H groups in total. The molecule has 5 heteroatoms. The molecule has 3 aromatic rings. The third-order valence-corrected chi connectivity index (χ3v) is 3.64. The largest absolute Gasteiger partial charge is 0.493 e. The van der Waals surface area contributed by atoms with Crippen molar-refractivity contribution in [1.82, 2.24) is 4.98 Å². The number of pyridine rings is 1. The molecule has 118 valence electrons. The topological polar surface area (TPSA) is 64.4 Å². The maximum Gasteiger partial charge on any atom is 0.256 e. The highest BCUT2D eigenvalue weighted by molar-refractivity contribution is 6.13. The van der Waals surface area contributed by atoms with Crippen molar-refractivity contribution in [2.45, 2.75) is 19.8 Å². The zero-order valence-corrected chi connectivity index (χ0v) is 13.3. The minimum Gasteiger partial charge on any atom is -0.493 e. The van der Waals surface area contributed by atoms with Crippen molar-refractivity contribution in [3.63, 3.8) is 0 Å².